The molecule has 0 amide bonds. The second-order valence-electron chi connectivity index (χ2n) is 11.2. The van der Waals surface area contributed by atoms with Crippen LogP contribution in [0.15, 0.2) is 170 Å². The molecule has 0 saturated heterocycles. The number of nitrogens with one attached hydrogen (secondary N) is 1. The normalized spacial score (nSPS) is 11.0. The fraction of sp³-hybridized carbons (Fsp3) is 0.122. The van der Waals surface area contributed by atoms with Crippen molar-refractivity contribution in [3.8, 4) is 11.1 Å². The van der Waals surface area contributed by atoms with Crippen molar-refractivity contribution in [2.75, 3.05) is 20.6 Å². The summed E-state index contributed by atoms with van der Waals surface area (Å²) >= 11 is 0. The van der Waals surface area contributed by atoms with E-state index in [1.807, 2.05) is 25.9 Å². The third-order valence-corrected chi connectivity index (χ3v) is 12.3. The Hall–Kier alpha value is -2.70. The summed E-state index contributed by atoms with van der Waals surface area (Å²) in [5.41, 5.74) is 9.71. The molecule has 0 bridgehead atoms. The summed E-state index contributed by atoms with van der Waals surface area (Å²) in [7, 11) is 2.51. The van der Waals surface area contributed by atoms with Gasteiger partial charge in [-0.05, 0) is 79.4 Å². The third kappa shape index (κ3) is 11.2. The Kier molecular flexibility index (Phi) is 18.5. The van der Waals surface area contributed by atoms with Crippen LogP contribution >= 0.6 is 15.8 Å². The molecule has 0 aliphatic rings. The van der Waals surface area contributed by atoms with E-state index in [9.17, 15) is 0 Å². The predicted octanol–water partition coefficient (Wildman–Crippen LogP) is 1.86. The van der Waals surface area contributed by atoms with Gasteiger partial charge in [-0.3, -0.25) is 0 Å². The van der Waals surface area contributed by atoms with Crippen LogP contribution in [-0.2, 0) is 19.5 Å². The molecule has 0 aromatic heterocycles. The van der Waals surface area contributed by atoms with Gasteiger partial charge in [0.25, 0.3) is 0 Å². The summed E-state index contributed by atoms with van der Waals surface area (Å²) < 4.78 is 0. The molecule has 1 atom stereocenters. The van der Waals surface area contributed by atoms with Crippen LogP contribution in [0, 0.1) is 0 Å². The second-order valence-corrected chi connectivity index (χ2v) is 15.6. The first-order chi connectivity index (χ1) is 22.0. The quantitative estimate of drug-likeness (QED) is 0.163. The molecule has 48 heavy (non-hydrogen) atoms. The van der Waals surface area contributed by atoms with Gasteiger partial charge in [0.2, 0.25) is 0 Å². The van der Waals surface area contributed by atoms with Gasteiger partial charge in [-0.25, -0.2) is 0 Å². The van der Waals surface area contributed by atoms with Crippen LogP contribution in [0.4, 0.5) is 0 Å². The summed E-state index contributed by atoms with van der Waals surface area (Å²) in [5.74, 6) is 0. The molecule has 7 heteroatoms. The average molecular weight is 796 g/mol. The number of hydrogen-bond acceptors (Lipinski definition) is 1. The third-order valence-electron chi connectivity index (χ3n) is 7.28. The van der Waals surface area contributed by atoms with Gasteiger partial charge in [-0.1, -0.05) is 177 Å². The van der Waals surface area contributed by atoms with Gasteiger partial charge in [0, 0.05) is 0 Å². The van der Waals surface area contributed by atoms with Crippen molar-refractivity contribution in [3.63, 3.8) is 0 Å². The van der Waals surface area contributed by atoms with E-state index in [2.05, 4.69) is 170 Å². The molecule has 247 valence electrons. The van der Waals surface area contributed by atoms with Crippen LogP contribution in [0.2, 0.25) is 0 Å². The van der Waals surface area contributed by atoms with Crippen LogP contribution in [0.25, 0.3) is 16.9 Å². The average Bonchev–Trinajstić information content (AvgIpc) is 3.07. The van der Waals surface area contributed by atoms with E-state index < -0.39 is 15.8 Å². The molecular weight excluding hydrogens is 754 g/mol. The monoisotopic (exact) mass is 795 g/mol. The van der Waals surface area contributed by atoms with Gasteiger partial charge in [-0.2, -0.15) is 0 Å². The minimum absolute atomic E-state index is 0. The smallest absolute Gasteiger partial charge is 1.00 e. The van der Waals surface area contributed by atoms with Crippen molar-refractivity contribution >= 4 is 47.7 Å². The Morgan fingerprint density at radius 1 is 0.458 bits per heavy atom. The van der Waals surface area contributed by atoms with Crippen molar-refractivity contribution in [1.29, 1.82) is 0 Å². The summed E-state index contributed by atoms with van der Waals surface area (Å²) in [4.78, 5) is 2.01. The maximum Gasteiger partial charge on any atom is 3.00 e. The fourth-order valence-corrected chi connectivity index (χ4v) is 10.4. The second kappa shape index (κ2) is 21.4. The number of nitrogens with zero attached hydrogens (tertiary/aromatic N) is 1. The van der Waals surface area contributed by atoms with Gasteiger partial charge in [0.15, 0.2) is 0 Å². The van der Waals surface area contributed by atoms with Crippen LogP contribution in [0.1, 0.15) is 6.92 Å². The standard InChI is InChI=1S/C36H28P2.C5H13N2.2ClH.Ru/c1-5-17-29(18-6-1)37(30-19-7-2-8-20-30)35-27-15-13-25-33(35)34-26-14-16-28-36(34)38(31-21-9-3-10-22-31)32-23-11-4-12-24-32;1-5(6)4-7(2)3;;;/h1-28H;5-6H,4H2,1-3H3;2*1H;/q;-1;;;+3/p-2. The first-order valence-corrected chi connectivity index (χ1v) is 18.1. The van der Waals surface area contributed by atoms with E-state index in [-0.39, 0.29) is 50.3 Å². The summed E-state index contributed by atoms with van der Waals surface area (Å²) in [6, 6.07) is 62.1. The molecule has 6 aromatic rings. The largest absolute Gasteiger partial charge is 3.00 e. The van der Waals surface area contributed by atoms with E-state index in [1.165, 1.54) is 43.0 Å². The molecule has 0 saturated carbocycles. The molecule has 1 radical (unpaired) electrons. The molecule has 0 heterocycles. The fourth-order valence-electron chi connectivity index (χ4n) is 5.50. The van der Waals surface area contributed by atoms with Gasteiger partial charge >= 0.3 is 19.5 Å². The number of halogens is 2. The number of rotatable bonds is 9. The van der Waals surface area contributed by atoms with E-state index in [0.717, 1.165) is 6.54 Å². The van der Waals surface area contributed by atoms with E-state index in [1.54, 1.807) is 0 Å². The van der Waals surface area contributed by atoms with Crippen LogP contribution in [-0.4, -0.2) is 31.6 Å². The molecule has 0 spiro atoms. The zero-order valence-corrected chi connectivity index (χ0v) is 32.4. The zero-order chi connectivity index (χ0) is 31.4. The topological polar surface area (TPSA) is 27.0 Å². The van der Waals surface area contributed by atoms with Crippen molar-refractivity contribution < 1.29 is 44.3 Å². The summed E-state index contributed by atoms with van der Waals surface area (Å²) in [6.45, 7) is 2.75. The molecule has 1 N–H and O–H groups in total. The van der Waals surface area contributed by atoms with Crippen molar-refractivity contribution in [2.24, 2.45) is 0 Å². The Morgan fingerprint density at radius 3 is 0.938 bits per heavy atom. The number of hydrogen-bond donors (Lipinski definition) is 0. The van der Waals surface area contributed by atoms with Crippen LogP contribution in [0.3, 0.4) is 0 Å². The van der Waals surface area contributed by atoms with Gasteiger partial charge in [0.1, 0.15) is 0 Å². The molecular formula is C41H41Cl2N2P2Ru. The van der Waals surface area contributed by atoms with E-state index in [4.69, 9.17) is 5.73 Å². The van der Waals surface area contributed by atoms with Crippen LogP contribution < -0.4 is 56.6 Å². The molecule has 6 rings (SSSR count). The van der Waals surface area contributed by atoms with E-state index >= 15 is 0 Å². The minimum atomic E-state index is -0.723. The zero-order valence-electron chi connectivity index (χ0n) is 27.4. The van der Waals surface area contributed by atoms with Gasteiger partial charge in [0.05, 0.1) is 0 Å². The predicted molar refractivity (Wildman–Crippen MR) is 202 cm³/mol. The minimum Gasteiger partial charge on any atom is -1.00 e. The Labute approximate surface area is 315 Å². The first-order valence-electron chi connectivity index (χ1n) is 15.4. The first kappa shape index (κ1) is 41.5. The molecule has 2 nitrogen and oxygen atoms in total. The van der Waals surface area contributed by atoms with Gasteiger partial charge in [-0.15, -0.1) is 6.04 Å². The molecule has 6 aromatic carbocycles. The van der Waals surface area contributed by atoms with Crippen molar-refractivity contribution in [3.05, 3.63) is 176 Å². The molecule has 0 aliphatic heterocycles. The van der Waals surface area contributed by atoms with Crippen molar-refractivity contribution in [1.82, 2.24) is 4.90 Å². The maximum absolute atomic E-state index is 7.07. The maximum atomic E-state index is 7.07. The van der Waals surface area contributed by atoms with E-state index in [0.29, 0.717) is 0 Å². The number of likely N-dealkylation sites (N-methyl/N-ethyl adjacent to an activating group) is 1. The van der Waals surface area contributed by atoms with Gasteiger partial charge < -0.3 is 35.4 Å². The molecule has 1 unspecified atom stereocenters. The van der Waals surface area contributed by atoms with Crippen molar-refractivity contribution in [2.45, 2.75) is 13.0 Å². The van der Waals surface area contributed by atoms with Crippen LogP contribution in [0.5, 0.6) is 0 Å². The summed E-state index contributed by atoms with van der Waals surface area (Å²) in [5, 5.41) is 8.25. The Morgan fingerprint density at radius 2 is 0.708 bits per heavy atom. The number of benzene rings is 6. The Bertz CT molecular complexity index is 1530. The molecule has 0 fully saturated rings. The Balaban J connectivity index is 0.000000726. The molecule has 0 aliphatic carbocycles. The summed E-state index contributed by atoms with van der Waals surface area (Å²) in [6.07, 6.45) is 0. The SMILES string of the molecule is CC([NH-])CN(C)C.[Cl-].[Cl-].[Ru+3].c1ccc(P(c2ccccc2)c2ccccc2-c2ccccc2P(c2ccccc2)c2ccccc2)cc1.